The molecule has 1 unspecified atom stereocenters. The van der Waals surface area contributed by atoms with Gasteiger partial charge in [0.05, 0.1) is 11.6 Å². The van der Waals surface area contributed by atoms with Gasteiger partial charge in [-0.1, -0.05) is 35.3 Å². The van der Waals surface area contributed by atoms with Gasteiger partial charge in [0, 0.05) is 21.6 Å². The summed E-state index contributed by atoms with van der Waals surface area (Å²) in [6, 6.07) is 15.0. The van der Waals surface area contributed by atoms with E-state index < -0.39 is 0 Å². The van der Waals surface area contributed by atoms with Gasteiger partial charge in [0.15, 0.2) is 0 Å². The Balaban J connectivity index is 2.11. The van der Waals surface area contributed by atoms with Gasteiger partial charge in [0.25, 0.3) is 0 Å². The lowest BCUT2D eigenvalue weighted by atomic mass is 9.98. The van der Waals surface area contributed by atoms with Crippen LogP contribution in [0.5, 0.6) is 0 Å². The van der Waals surface area contributed by atoms with Crippen LogP contribution in [0.3, 0.4) is 0 Å². The molecule has 2 aromatic carbocycles. The van der Waals surface area contributed by atoms with Gasteiger partial charge in [-0.2, -0.15) is 0 Å². The molecule has 0 spiro atoms. The fourth-order valence-electron chi connectivity index (χ4n) is 2.38. The SMILES string of the molecule is NNC(c1ccc2ncccc2c1)c1cc(Cl)ccc1Cl. The summed E-state index contributed by atoms with van der Waals surface area (Å²) in [5.41, 5.74) is 5.59. The van der Waals surface area contributed by atoms with E-state index in [9.17, 15) is 0 Å². The van der Waals surface area contributed by atoms with Crippen molar-refractivity contribution >= 4 is 34.1 Å². The maximum absolute atomic E-state index is 6.27. The van der Waals surface area contributed by atoms with Crippen LogP contribution >= 0.6 is 23.2 Å². The zero-order chi connectivity index (χ0) is 14.8. The van der Waals surface area contributed by atoms with E-state index in [2.05, 4.69) is 10.4 Å². The Hall–Kier alpha value is -1.65. The van der Waals surface area contributed by atoms with Gasteiger partial charge in [-0.15, -0.1) is 0 Å². The fraction of sp³-hybridized carbons (Fsp3) is 0.0625. The third kappa shape index (κ3) is 2.87. The topological polar surface area (TPSA) is 50.9 Å². The van der Waals surface area contributed by atoms with Crippen LogP contribution in [-0.2, 0) is 0 Å². The first-order valence-electron chi connectivity index (χ1n) is 6.45. The number of nitrogens with two attached hydrogens (primary N) is 1. The average Bonchev–Trinajstić information content (AvgIpc) is 2.51. The number of hydrazine groups is 1. The van der Waals surface area contributed by atoms with Gasteiger partial charge in [-0.3, -0.25) is 10.8 Å². The molecule has 1 atom stereocenters. The molecule has 3 N–H and O–H groups in total. The predicted octanol–water partition coefficient (Wildman–Crippen LogP) is 4.09. The number of hydrogen-bond donors (Lipinski definition) is 2. The highest BCUT2D eigenvalue weighted by Gasteiger charge is 2.16. The van der Waals surface area contributed by atoms with E-state index in [1.807, 2.05) is 36.4 Å². The second-order valence-corrected chi connectivity index (χ2v) is 5.56. The Morgan fingerprint density at radius 3 is 2.71 bits per heavy atom. The van der Waals surface area contributed by atoms with Crippen LogP contribution in [-0.4, -0.2) is 4.98 Å². The molecule has 5 heteroatoms. The van der Waals surface area contributed by atoms with Crippen LogP contribution in [0.1, 0.15) is 17.2 Å². The summed E-state index contributed by atoms with van der Waals surface area (Å²) in [6.07, 6.45) is 1.77. The molecule has 3 nitrogen and oxygen atoms in total. The second kappa shape index (κ2) is 6.00. The van der Waals surface area contributed by atoms with Crippen molar-refractivity contribution in [2.75, 3.05) is 0 Å². The highest BCUT2D eigenvalue weighted by atomic mass is 35.5. The molecule has 3 aromatic rings. The van der Waals surface area contributed by atoms with E-state index in [-0.39, 0.29) is 6.04 Å². The minimum Gasteiger partial charge on any atom is -0.271 e. The lowest BCUT2D eigenvalue weighted by molar-refractivity contribution is 0.638. The van der Waals surface area contributed by atoms with Crippen LogP contribution < -0.4 is 11.3 Å². The zero-order valence-corrected chi connectivity index (χ0v) is 12.6. The van der Waals surface area contributed by atoms with Crippen LogP contribution in [0, 0.1) is 0 Å². The summed E-state index contributed by atoms with van der Waals surface area (Å²) in [4.78, 5) is 4.31. The third-order valence-electron chi connectivity index (χ3n) is 3.40. The number of rotatable bonds is 3. The summed E-state index contributed by atoms with van der Waals surface area (Å²) < 4.78 is 0. The molecule has 0 saturated carbocycles. The van der Waals surface area contributed by atoms with Gasteiger partial charge >= 0.3 is 0 Å². The Morgan fingerprint density at radius 1 is 1.05 bits per heavy atom. The monoisotopic (exact) mass is 317 g/mol. The van der Waals surface area contributed by atoms with E-state index in [4.69, 9.17) is 29.0 Å². The van der Waals surface area contributed by atoms with Crippen molar-refractivity contribution in [1.29, 1.82) is 0 Å². The van der Waals surface area contributed by atoms with E-state index in [0.29, 0.717) is 10.0 Å². The summed E-state index contributed by atoms with van der Waals surface area (Å²) in [7, 11) is 0. The van der Waals surface area contributed by atoms with E-state index >= 15 is 0 Å². The van der Waals surface area contributed by atoms with Crippen molar-refractivity contribution in [3.8, 4) is 0 Å². The van der Waals surface area contributed by atoms with Crippen LogP contribution in [0.4, 0.5) is 0 Å². The highest BCUT2D eigenvalue weighted by molar-refractivity contribution is 6.33. The number of nitrogens with one attached hydrogen (secondary N) is 1. The van der Waals surface area contributed by atoms with Crippen LogP contribution in [0.2, 0.25) is 10.0 Å². The summed E-state index contributed by atoms with van der Waals surface area (Å²) in [5, 5.41) is 2.29. The van der Waals surface area contributed by atoms with Crippen molar-refractivity contribution in [2.24, 2.45) is 5.84 Å². The standard InChI is InChI=1S/C16H13Cl2N3/c17-12-4-5-14(18)13(9-12)16(21-19)11-3-6-15-10(8-11)2-1-7-20-15/h1-9,16,21H,19H2. The molecule has 21 heavy (non-hydrogen) atoms. The molecular weight excluding hydrogens is 305 g/mol. The number of nitrogens with zero attached hydrogens (tertiary/aromatic N) is 1. The zero-order valence-electron chi connectivity index (χ0n) is 11.1. The molecule has 3 rings (SSSR count). The van der Waals surface area contributed by atoms with E-state index in [1.54, 1.807) is 18.3 Å². The summed E-state index contributed by atoms with van der Waals surface area (Å²) in [5.74, 6) is 5.73. The van der Waals surface area contributed by atoms with Gasteiger partial charge < -0.3 is 0 Å². The molecule has 1 heterocycles. The average molecular weight is 318 g/mol. The Bertz CT molecular complexity index is 789. The molecular formula is C16H13Cl2N3. The van der Waals surface area contributed by atoms with Crippen LogP contribution in [0.25, 0.3) is 10.9 Å². The Morgan fingerprint density at radius 2 is 1.90 bits per heavy atom. The smallest absolute Gasteiger partial charge is 0.0725 e. The molecule has 0 aliphatic rings. The van der Waals surface area contributed by atoms with Crippen molar-refractivity contribution in [3.05, 3.63) is 75.9 Å². The maximum Gasteiger partial charge on any atom is 0.0725 e. The maximum atomic E-state index is 6.27. The largest absolute Gasteiger partial charge is 0.271 e. The molecule has 0 saturated heterocycles. The van der Waals surface area contributed by atoms with Crippen LogP contribution in [0.15, 0.2) is 54.7 Å². The normalized spacial score (nSPS) is 12.5. The number of fused-ring (bicyclic) bond motifs is 1. The molecule has 1 aromatic heterocycles. The summed E-state index contributed by atoms with van der Waals surface area (Å²) in [6.45, 7) is 0. The second-order valence-electron chi connectivity index (χ2n) is 4.72. The number of benzene rings is 2. The predicted molar refractivity (Wildman–Crippen MR) is 87.4 cm³/mol. The number of aromatic nitrogens is 1. The Kier molecular flexibility index (Phi) is 4.08. The molecule has 0 fully saturated rings. The van der Waals surface area contributed by atoms with Crippen molar-refractivity contribution in [3.63, 3.8) is 0 Å². The highest BCUT2D eigenvalue weighted by Crippen LogP contribution is 2.31. The van der Waals surface area contributed by atoms with Gasteiger partial charge in [-0.05, 0) is 47.5 Å². The lowest BCUT2D eigenvalue weighted by Crippen LogP contribution is -2.29. The fourth-order valence-corrected chi connectivity index (χ4v) is 2.78. The lowest BCUT2D eigenvalue weighted by Gasteiger charge is -2.19. The molecule has 0 aliphatic heterocycles. The Labute approximate surface area is 132 Å². The first-order chi connectivity index (χ1) is 10.2. The van der Waals surface area contributed by atoms with Gasteiger partial charge in [0.2, 0.25) is 0 Å². The van der Waals surface area contributed by atoms with Crippen molar-refractivity contribution in [2.45, 2.75) is 6.04 Å². The van der Waals surface area contributed by atoms with E-state index in [1.165, 1.54) is 0 Å². The summed E-state index contributed by atoms with van der Waals surface area (Å²) >= 11 is 12.3. The van der Waals surface area contributed by atoms with Crippen molar-refractivity contribution < 1.29 is 0 Å². The van der Waals surface area contributed by atoms with Gasteiger partial charge in [-0.25, -0.2) is 5.43 Å². The third-order valence-corrected chi connectivity index (χ3v) is 3.98. The van der Waals surface area contributed by atoms with E-state index in [0.717, 1.165) is 22.0 Å². The number of hydrogen-bond acceptors (Lipinski definition) is 3. The van der Waals surface area contributed by atoms with Gasteiger partial charge in [0.1, 0.15) is 0 Å². The minimum absolute atomic E-state index is 0.235. The van der Waals surface area contributed by atoms with Crippen molar-refractivity contribution in [1.82, 2.24) is 10.4 Å². The number of halogens is 2. The molecule has 0 aliphatic carbocycles. The molecule has 0 amide bonds. The molecule has 0 bridgehead atoms. The molecule has 0 radical (unpaired) electrons. The minimum atomic E-state index is -0.235. The number of pyridine rings is 1. The first kappa shape index (κ1) is 14.3. The quantitative estimate of drug-likeness (QED) is 0.565. The molecule has 106 valence electrons. The first-order valence-corrected chi connectivity index (χ1v) is 7.20.